The first-order chi connectivity index (χ1) is 10.0. The van der Waals surface area contributed by atoms with Crippen LogP contribution in [-0.4, -0.2) is 9.19 Å². The number of anilines is 1. The second-order valence-electron chi connectivity index (χ2n) is 4.40. The van der Waals surface area contributed by atoms with E-state index in [1.54, 1.807) is 18.2 Å². The minimum atomic E-state index is -1.42. The molecule has 3 rings (SSSR count). The molecule has 2 N–H and O–H groups in total. The van der Waals surface area contributed by atoms with E-state index in [0.29, 0.717) is 27.6 Å². The summed E-state index contributed by atoms with van der Waals surface area (Å²) in [5.41, 5.74) is 7.43. The van der Waals surface area contributed by atoms with Gasteiger partial charge in [0.05, 0.1) is 15.8 Å². The fourth-order valence-corrected chi connectivity index (χ4v) is 3.10. The van der Waals surface area contributed by atoms with Crippen LogP contribution in [0.25, 0.3) is 11.1 Å². The maximum absolute atomic E-state index is 13.1. The number of fused-ring (bicyclic) bond motifs is 1. The van der Waals surface area contributed by atoms with Gasteiger partial charge in [-0.3, -0.25) is 4.21 Å². The van der Waals surface area contributed by atoms with E-state index in [0.717, 1.165) is 0 Å². The third-order valence-corrected chi connectivity index (χ3v) is 4.44. The lowest BCUT2D eigenvalue weighted by Crippen LogP contribution is -1.97. The SMILES string of the molecule is Nc1ccc2oc(CS(=O)c3ccc(F)c(Cl)c3)nc2c1. The topological polar surface area (TPSA) is 69.1 Å². The van der Waals surface area contributed by atoms with Crippen molar-refractivity contribution in [3.63, 3.8) is 0 Å². The third kappa shape index (κ3) is 2.91. The van der Waals surface area contributed by atoms with Gasteiger partial charge in [-0.15, -0.1) is 0 Å². The molecule has 0 amide bonds. The minimum absolute atomic E-state index is 0.0637. The van der Waals surface area contributed by atoms with Crippen molar-refractivity contribution in [3.8, 4) is 0 Å². The van der Waals surface area contributed by atoms with E-state index >= 15 is 0 Å². The standard InChI is InChI=1S/C14H10ClFN2O2S/c15-10-6-9(2-3-11(10)16)21(19)7-14-18-12-5-8(17)1-4-13(12)20-14/h1-6H,7,17H2. The van der Waals surface area contributed by atoms with Gasteiger partial charge in [-0.25, -0.2) is 9.37 Å². The monoisotopic (exact) mass is 324 g/mol. The van der Waals surface area contributed by atoms with E-state index in [-0.39, 0.29) is 10.8 Å². The fourth-order valence-electron chi connectivity index (χ4n) is 1.87. The number of nitrogens with zero attached hydrogens (tertiary/aromatic N) is 1. The van der Waals surface area contributed by atoms with Crippen molar-refractivity contribution in [3.05, 3.63) is 53.1 Å². The predicted octanol–water partition coefficient (Wildman–Crippen LogP) is 3.51. The second-order valence-corrected chi connectivity index (χ2v) is 6.26. The molecular formula is C14H10ClFN2O2S. The Morgan fingerprint density at radius 3 is 2.86 bits per heavy atom. The number of halogens is 2. The zero-order chi connectivity index (χ0) is 15.0. The number of nitrogens with two attached hydrogens (primary N) is 1. The van der Waals surface area contributed by atoms with E-state index in [9.17, 15) is 8.60 Å². The molecule has 21 heavy (non-hydrogen) atoms. The maximum atomic E-state index is 13.1. The van der Waals surface area contributed by atoms with E-state index in [4.69, 9.17) is 21.8 Å². The molecule has 2 aromatic carbocycles. The molecule has 1 heterocycles. The van der Waals surface area contributed by atoms with Crippen LogP contribution in [0.15, 0.2) is 45.7 Å². The number of hydrogen-bond acceptors (Lipinski definition) is 4. The molecule has 0 radical (unpaired) electrons. The molecule has 0 aliphatic rings. The van der Waals surface area contributed by atoms with Gasteiger partial charge >= 0.3 is 0 Å². The van der Waals surface area contributed by atoms with Gasteiger partial charge in [-0.05, 0) is 36.4 Å². The van der Waals surface area contributed by atoms with Crippen molar-refractivity contribution in [1.29, 1.82) is 0 Å². The second kappa shape index (κ2) is 5.46. The van der Waals surface area contributed by atoms with Gasteiger partial charge in [0.1, 0.15) is 17.1 Å². The van der Waals surface area contributed by atoms with Gasteiger partial charge in [0.25, 0.3) is 0 Å². The van der Waals surface area contributed by atoms with Crippen LogP contribution in [0, 0.1) is 5.82 Å². The molecule has 7 heteroatoms. The Hall–Kier alpha value is -1.92. The first-order valence-corrected chi connectivity index (χ1v) is 7.71. The highest BCUT2D eigenvalue weighted by atomic mass is 35.5. The van der Waals surface area contributed by atoms with Gasteiger partial charge < -0.3 is 10.2 Å². The van der Waals surface area contributed by atoms with Crippen LogP contribution >= 0.6 is 11.6 Å². The molecule has 0 bridgehead atoms. The molecule has 0 saturated heterocycles. The number of hydrogen-bond donors (Lipinski definition) is 1. The van der Waals surface area contributed by atoms with Crippen LogP contribution in [0.2, 0.25) is 5.02 Å². The van der Waals surface area contributed by atoms with Crippen molar-refractivity contribution in [2.45, 2.75) is 10.6 Å². The Labute approximate surface area is 127 Å². The average molecular weight is 325 g/mol. The summed E-state index contributed by atoms with van der Waals surface area (Å²) in [6, 6.07) is 9.04. The quantitative estimate of drug-likeness (QED) is 0.748. The van der Waals surface area contributed by atoms with Crippen LogP contribution < -0.4 is 5.73 Å². The summed E-state index contributed by atoms with van der Waals surface area (Å²) in [6.45, 7) is 0. The first-order valence-electron chi connectivity index (χ1n) is 6.01. The maximum Gasteiger partial charge on any atom is 0.208 e. The van der Waals surface area contributed by atoms with Crippen molar-refractivity contribution < 1.29 is 13.0 Å². The summed E-state index contributed by atoms with van der Waals surface area (Å²) in [5, 5.41) is -0.0637. The predicted molar refractivity (Wildman–Crippen MR) is 79.9 cm³/mol. The zero-order valence-electron chi connectivity index (χ0n) is 10.7. The molecule has 1 unspecified atom stereocenters. The molecule has 4 nitrogen and oxygen atoms in total. The van der Waals surface area contributed by atoms with Crippen LogP contribution in [0.1, 0.15) is 5.89 Å². The Kier molecular flexibility index (Phi) is 3.65. The van der Waals surface area contributed by atoms with E-state index in [2.05, 4.69) is 4.98 Å². The first kappa shape index (κ1) is 14.0. The highest BCUT2D eigenvalue weighted by Crippen LogP contribution is 2.22. The molecule has 0 aliphatic heterocycles. The number of nitrogen functional groups attached to an aromatic ring is 1. The smallest absolute Gasteiger partial charge is 0.208 e. The third-order valence-electron chi connectivity index (χ3n) is 2.86. The van der Waals surface area contributed by atoms with Gasteiger partial charge in [-0.1, -0.05) is 11.6 Å². The van der Waals surface area contributed by atoms with E-state index < -0.39 is 16.6 Å². The zero-order valence-corrected chi connectivity index (χ0v) is 12.2. The molecule has 0 spiro atoms. The molecule has 0 aliphatic carbocycles. The molecular weight excluding hydrogens is 315 g/mol. The van der Waals surface area contributed by atoms with Crippen LogP contribution in [0.4, 0.5) is 10.1 Å². The molecule has 1 aromatic heterocycles. The largest absolute Gasteiger partial charge is 0.440 e. The van der Waals surface area contributed by atoms with Crippen molar-refractivity contribution in [1.82, 2.24) is 4.98 Å². The normalized spacial score (nSPS) is 12.7. The number of benzene rings is 2. The van der Waals surface area contributed by atoms with Crippen molar-refractivity contribution in [2.24, 2.45) is 0 Å². The number of aromatic nitrogens is 1. The van der Waals surface area contributed by atoms with Crippen molar-refractivity contribution >= 4 is 39.2 Å². The van der Waals surface area contributed by atoms with Gasteiger partial charge in [0.2, 0.25) is 5.89 Å². The van der Waals surface area contributed by atoms with E-state index in [1.807, 2.05) is 0 Å². The lowest BCUT2D eigenvalue weighted by Gasteiger charge is -2.01. The molecule has 108 valence electrons. The summed E-state index contributed by atoms with van der Waals surface area (Å²) < 4.78 is 30.8. The van der Waals surface area contributed by atoms with E-state index in [1.165, 1.54) is 18.2 Å². The summed E-state index contributed by atoms with van der Waals surface area (Å²) >= 11 is 5.68. The average Bonchev–Trinajstić information content (AvgIpc) is 2.83. The minimum Gasteiger partial charge on any atom is -0.440 e. The lowest BCUT2D eigenvalue weighted by atomic mass is 10.3. The number of rotatable bonds is 3. The Bertz CT molecular complexity index is 850. The van der Waals surface area contributed by atoms with Gasteiger partial charge in [0, 0.05) is 10.6 Å². The Morgan fingerprint density at radius 2 is 2.10 bits per heavy atom. The van der Waals surface area contributed by atoms with Crippen LogP contribution in [0.3, 0.4) is 0 Å². The van der Waals surface area contributed by atoms with Crippen molar-refractivity contribution in [2.75, 3.05) is 5.73 Å². The fraction of sp³-hybridized carbons (Fsp3) is 0.0714. The highest BCUT2D eigenvalue weighted by Gasteiger charge is 2.13. The molecule has 0 saturated carbocycles. The number of oxazole rings is 1. The van der Waals surface area contributed by atoms with Gasteiger partial charge in [-0.2, -0.15) is 0 Å². The lowest BCUT2D eigenvalue weighted by molar-refractivity contribution is 0.552. The summed E-state index contributed by atoms with van der Waals surface area (Å²) in [5.74, 6) is -0.138. The van der Waals surface area contributed by atoms with Gasteiger partial charge in [0.15, 0.2) is 5.58 Å². The molecule has 1 atom stereocenters. The Morgan fingerprint density at radius 1 is 1.29 bits per heavy atom. The summed E-state index contributed by atoms with van der Waals surface area (Å²) in [6.07, 6.45) is 0. The molecule has 0 fully saturated rings. The summed E-state index contributed by atoms with van der Waals surface area (Å²) in [7, 11) is -1.42. The summed E-state index contributed by atoms with van der Waals surface area (Å²) in [4.78, 5) is 4.65. The Balaban J connectivity index is 1.87. The highest BCUT2D eigenvalue weighted by molar-refractivity contribution is 7.84. The van der Waals surface area contributed by atoms with Crippen LogP contribution in [-0.2, 0) is 16.6 Å². The van der Waals surface area contributed by atoms with Crippen LogP contribution in [0.5, 0.6) is 0 Å². The molecule has 3 aromatic rings.